The van der Waals surface area contributed by atoms with Crippen molar-refractivity contribution in [1.82, 2.24) is 27.5 Å². The van der Waals surface area contributed by atoms with Crippen molar-refractivity contribution in [3.63, 3.8) is 0 Å². The van der Waals surface area contributed by atoms with Gasteiger partial charge in [-0.2, -0.15) is 17.5 Å². The summed E-state index contributed by atoms with van der Waals surface area (Å²) in [5.74, 6) is 1.26. The molecule has 0 bridgehead atoms. The van der Waals surface area contributed by atoms with Crippen LogP contribution in [0.5, 0.6) is 0 Å². The van der Waals surface area contributed by atoms with Gasteiger partial charge in [-0.25, -0.2) is 9.97 Å². The van der Waals surface area contributed by atoms with Crippen LogP contribution in [0.1, 0.15) is 0 Å². The molecule has 0 radical (unpaired) electrons. The van der Waals surface area contributed by atoms with Gasteiger partial charge in [-0.15, -0.1) is 0 Å². The van der Waals surface area contributed by atoms with Crippen LogP contribution in [0.15, 0.2) is 12.1 Å². The third-order valence-electron chi connectivity index (χ3n) is 3.04. The van der Waals surface area contributed by atoms with Crippen LogP contribution in [-0.4, -0.2) is 27.5 Å². The van der Waals surface area contributed by atoms with E-state index in [1.165, 1.54) is 11.7 Å². The molecule has 0 atom stereocenters. The summed E-state index contributed by atoms with van der Waals surface area (Å²) in [6, 6.07) is 3.87. The normalized spacial score (nSPS) is 12.8. The maximum atomic E-state index is 4.42. The first-order chi connectivity index (χ1) is 9.88. The fraction of sp³-hybridized carbons (Fsp3) is 0. The van der Waals surface area contributed by atoms with Crippen LogP contribution in [0.25, 0.3) is 22.3 Å². The van der Waals surface area contributed by atoms with Gasteiger partial charge in [0.25, 0.3) is 0 Å². The zero-order valence-corrected chi connectivity index (χ0v) is 11.3. The van der Waals surface area contributed by atoms with E-state index in [9.17, 15) is 0 Å². The molecule has 4 heterocycles. The Morgan fingerprint density at radius 2 is 1.55 bits per heavy atom. The first-order valence-electron chi connectivity index (χ1n) is 5.68. The quantitative estimate of drug-likeness (QED) is 0.449. The van der Waals surface area contributed by atoms with Crippen molar-refractivity contribution in [2.45, 2.75) is 0 Å². The number of aromatic nitrogens is 6. The number of rotatable bonds is 0. The topological polar surface area (TPSA) is 101 Å². The summed E-state index contributed by atoms with van der Waals surface area (Å²) in [6.45, 7) is 0. The van der Waals surface area contributed by atoms with Crippen molar-refractivity contribution >= 4 is 68.8 Å². The summed E-state index contributed by atoms with van der Waals surface area (Å²) in [5.41, 5.74) is 4.52. The molecule has 1 aromatic carbocycles. The van der Waals surface area contributed by atoms with Crippen LogP contribution in [0.4, 0.5) is 23.0 Å². The molecule has 1 aliphatic heterocycles. The molecule has 96 valence electrons. The van der Waals surface area contributed by atoms with Crippen molar-refractivity contribution in [3.8, 4) is 0 Å². The molecule has 8 nitrogen and oxygen atoms in total. The number of nitrogens with one attached hydrogen (secondary N) is 2. The average molecular weight is 300 g/mol. The van der Waals surface area contributed by atoms with Crippen molar-refractivity contribution in [3.05, 3.63) is 12.1 Å². The third kappa shape index (κ3) is 1.29. The summed E-state index contributed by atoms with van der Waals surface area (Å²) >= 11 is 2.28. The molecular weight excluding hydrogens is 296 g/mol. The van der Waals surface area contributed by atoms with Gasteiger partial charge in [-0.1, -0.05) is 0 Å². The van der Waals surface area contributed by atoms with E-state index in [2.05, 4.69) is 38.1 Å². The molecule has 2 N–H and O–H groups in total. The second-order valence-corrected chi connectivity index (χ2v) is 5.26. The van der Waals surface area contributed by atoms with Gasteiger partial charge in [0.1, 0.15) is 11.0 Å². The van der Waals surface area contributed by atoms with E-state index >= 15 is 0 Å². The Hall–Kier alpha value is -2.46. The highest BCUT2D eigenvalue weighted by molar-refractivity contribution is 7.00. The molecular formula is C10H4N8S2. The van der Waals surface area contributed by atoms with Crippen molar-refractivity contribution in [1.29, 1.82) is 0 Å². The Balaban J connectivity index is 1.77. The highest BCUT2D eigenvalue weighted by Gasteiger charge is 2.22. The van der Waals surface area contributed by atoms with E-state index in [0.29, 0.717) is 22.9 Å². The van der Waals surface area contributed by atoms with Crippen LogP contribution in [0.3, 0.4) is 0 Å². The molecule has 10 heteroatoms. The summed E-state index contributed by atoms with van der Waals surface area (Å²) in [4.78, 5) is 8.83. The van der Waals surface area contributed by atoms with Gasteiger partial charge >= 0.3 is 0 Å². The minimum Gasteiger partial charge on any atom is -0.335 e. The Morgan fingerprint density at radius 1 is 0.800 bits per heavy atom. The molecule has 0 saturated carbocycles. The minimum absolute atomic E-state index is 0.537. The molecule has 0 saturated heterocycles. The van der Waals surface area contributed by atoms with Gasteiger partial charge in [-0.05, 0) is 12.1 Å². The van der Waals surface area contributed by atoms with Crippen LogP contribution in [0.2, 0.25) is 0 Å². The number of anilines is 4. The Morgan fingerprint density at radius 3 is 2.40 bits per heavy atom. The average Bonchev–Trinajstić information content (AvgIpc) is 3.10. The Kier molecular flexibility index (Phi) is 1.84. The van der Waals surface area contributed by atoms with E-state index in [1.807, 2.05) is 12.1 Å². The molecule has 4 aromatic rings. The van der Waals surface area contributed by atoms with Gasteiger partial charge in [0, 0.05) is 0 Å². The number of hydrogen-bond acceptors (Lipinski definition) is 10. The molecule has 0 unspecified atom stereocenters. The predicted molar refractivity (Wildman–Crippen MR) is 77.0 cm³/mol. The van der Waals surface area contributed by atoms with Gasteiger partial charge in [0.2, 0.25) is 11.3 Å². The van der Waals surface area contributed by atoms with Gasteiger partial charge in [0.05, 0.1) is 34.8 Å². The van der Waals surface area contributed by atoms with E-state index in [1.54, 1.807) is 0 Å². The predicted octanol–water partition coefficient (Wildman–Crippen LogP) is 2.29. The molecule has 0 amide bonds. The van der Waals surface area contributed by atoms with E-state index in [-0.39, 0.29) is 0 Å². The Labute approximate surface area is 119 Å². The minimum atomic E-state index is 0.537. The highest BCUT2D eigenvalue weighted by Crippen LogP contribution is 2.40. The summed E-state index contributed by atoms with van der Waals surface area (Å²) in [7, 11) is 0. The summed E-state index contributed by atoms with van der Waals surface area (Å²) < 4.78 is 16.7. The van der Waals surface area contributed by atoms with Crippen molar-refractivity contribution < 1.29 is 0 Å². The van der Waals surface area contributed by atoms with Crippen LogP contribution < -0.4 is 10.6 Å². The van der Waals surface area contributed by atoms with Crippen LogP contribution in [0, 0.1) is 0 Å². The fourth-order valence-corrected chi connectivity index (χ4v) is 3.12. The number of benzene rings is 1. The number of fused-ring (bicyclic) bond motifs is 5. The van der Waals surface area contributed by atoms with E-state index < -0.39 is 0 Å². The lowest BCUT2D eigenvalue weighted by Crippen LogP contribution is -2.10. The monoisotopic (exact) mass is 300 g/mol. The SMILES string of the molecule is c1cc2nsnc2c2c1Nc1nc3nsnc3nc1N2. The van der Waals surface area contributed by atoms with E-state index in [4.69, 9.17) is 0 Å². The van der Waals surface area contributed by atoms with Crippen LogP contribution >= 0.6 is 23.5 Å². The maximum absolute atomic E-state index is 4.42. The molecule has 0 fully saturated rings. The Bertz CT molecular complexity index is 973. The first kappa shape index (κ1) is 10.3. The first-order valence-corrected chi connectivity index (χ1v) is 7.14. The molecule has 1 aliphatic rings. The zero-order chi connectivity index (χ0) is 13.1. The lowest BCUT2D eigenvalue weighted by Gasteiger charge is -2.20. The standard InChI is InChI=1S/C10H4N8S2/c1-2-4-6(16-19-15-4)5-3(1)11-7-8(12-5)14-10-9(13-7)17-20-18-10/h1-2H,(H,11,13,17)(H,12,14,18). The maximum Gasteiger partial charge on any atom is 0.214 e. The number of nitrogens with zero attached hydrogens (tertiary/aromatic N) is 6. The smallest absolute Gasteiger partial charge is 0.214 e. The second-order valence-electron chi connectivity index (χ2n) is 4.20. The highest BCUT2D eigenvalue weighted by atomic mass is 32.1. The van der Waals surface area contributed by atoms with Crippen LogP contribution in [-0.2, 0) is 0 Å². The zero-order valence-electron chi connectivity index (χ0n) is 9.65. The van der Waals surface area contributed by atoms with Crippen molar-refractivity contribution in [2.75, 3.05) is 10.6 Å². The van der Waals surface area contributed by atoms with Gasteiger partial charge in [-0.3, -0.25) is 0 Å². The van der Waals surface area contributed by atoms with Gasteiger partial charge in [0.15, 0.2) is 11.6 Å². The van der Waals surface area contributed by atoms with Crippen molar-refractivity contribution in [2.24, 2.45) is 0 Å². The fourth-order valence-electron chi connectivity index (χ4n) is 2.14. The second kappa shape index (κ2) is 3.55. The molecule has 0 aliphatic carbocycles. The lowest BCUT2D eigenvalue weighted by molar-refractivity contribution is 1.22. The third-order valence-corrected chi connectivity index (χ3v) is 4.09. The van der Waals surface area contributed by atoms with Gasteiger partial charge < -0.3 is 10.6 Å². The molecule has 5 rings (SSSR count). The molecule has 0 spiro atoms. The summed E-state index contributed by atoms with van der Waals surface area (Å²) in [6.07, 6.45) is 0. The number of hydrogen-bond donors (Lipinski definition) is 2. The van der Waals surface area contributed by atoms with E-state index in [0.717, 1.165) is 34.1 Å². The largest absolute Gasteiger partial charge is 0.335 e. The molecule has 20 heavy (non-hydrogen) atoms. The summed E-state index contributed by atoms with van der Waals surface area (Å²) in [5, 5.41) is 6.50. The lowest BCUT2D eigenvalue weighted by atomic mass is 10.2. The molecule has 3 aromatic heterocycles.